The van der Waals surface area contributed by atoms with Crippen LogP contribution in [-0.2, 0) is 0 Å². The number of amides is 2. The van der Waals surface area contributed by atoms with Crippen molar-refractivity contribution in [1.82, 2.24) is 10.3 Å². The first-order chi connectivity index (χ1) is 9.16. The Morgan fingerprint density at radius 3 is 2.58 bits per heavy atom. The first kappa shape index (κ1) is 13.4. The zero-order valence-corrected chi connectivity index (χ0v) is 11.2. The number of nitrogens with zero attached hydrogens (tertiary/aromatic N) is 1. The molecule has 0 radical (unpaired) electrons. The summed E-state index contributed by atoms with van der Waals surface area (Å²) in [5.41, 5.74) is 1.58. The molecule has 1 aromatic carbocycles. The topological polar surface area (TPSA) is 54.0 Å². The van der Waals surface area contributed by atoms with Crippen molar-refractivity contribution < 1.29 is 4.79 Å². The molecule has 1 heterocycles. The minimum atomic E-state index is -0.294. The molecule has 0 aliphatic heterocycles. The van der Waals surface area contributed by atoms with Crippen LogP contribution >= 0.6 is 11.6 Å². The monoisotopic (exact) mass is 275 g/mol. The fourth-order valence-corrected chi connectivity index (χ4v) is 1.84. The first-order valence-electron chi connectivity index (χ1n) is 5.89. The van der Waals surface area contributed by atoms with Crippen LogP contribution in [0.1, 0.15) is 18.5 Å². The lowest BCUT2D eigenvalue weighted by atomic mass is 10.1. The molecule has 0 unspecified atom stereocenters. The van der Waals surface area contributed by atoms with Crippen LogP contribution in [0.5, 0.6) is 0 Å². The Bertz CT molecular complexity index is 560. The predicted molar refractivity (Wildman–Crippen MR) is 76.3 cm³/mol. The summed E-state index contributed by atoms with van der Waals surface area (Å²) in [5.74, 6) is 0. The first-order valence-corrected chi connectivity index (χ1v) is 6.26. The summed E-state index contributed by atoms with van der Waals surface area (Å²) < 4.78 is 0. The van der Waals surface area contributed by atoms with Crippen LogP contribution in [-0.4, -0.2) is 11.0 Å². The van der Waals surface area contributed by atoms with E-state index in [1.165, 1.54) is 0 Å². The third-order valence-corrected chi connectivity index (χ3v) is 3.01. The molecule has 1 atom stereocenters. The second kappa shape index (κ2) is 6.20. The van der Waals surface area contributed by atoms with Crippen molar-refractivity contribution in [2.75, 3.05) is 5.32 Å². The summed E-state index contributed by atoms with van der Waals surface area (Å²) in [4.78, 5) is 15.8. The number of urea groups is 1. The highest BCUT2D eigenvalue weighted by atomic mass is 35.5. The van der Waals surface area contributed by atoms with Gasteiger partial charge in [0.1, 0.15) is 0 Å². The van der Waals surface area contributed by atoms with Crippen molar-refractivity contribution in [2.45, 2.75) is 13.0 Å². The number of anilines is 1. The molecule has 4 nitrogen and oxygen atoms in total. The predicted octanol–water partition coefficient (Wildman–Crippen LogP) is 3.62. The molecule has 98 valence electrons. The fourth-order valence-electron chi connectivity index (χ4n) is 1.65. The number of hydrogen-bond donors (Lipinski definition) is 2. The number of carbonyl (C=O) groups is 1. The van der Waals surface area contributed by atoms with E-state index in [9.17, 15) is 4.79 Å². The minimum Gasteiger partial charge on any atom is -0.331 e. The van der Waals surface area contributed by atoms with E-state index < -0.39 is 0 Å². The molecule has 0 saturated heterocycles. The highest BCUT2D eigenvalue weighted by molar-refractivity contribution is 6.33. The number of aromatic nitrogens is 1. The van der Waals surface area contributed by atoms with E-state index in [1.54, 1.807) is 24.5 Å². The van der Waals surface area contributed by atoms with Crippen molar-refractivity contribution in [3.8, 4) is 0 Å². The Labute approximate surface area is 116 Å². The number of nitrogens with one attached hydrogen (secondary N) is 2. The smallest absolute Gasteiger partial charge is 0.319 e. The lowest BCUT2D eigenvalue weighted by Gasteiger charge is -2.15. The average molecular weight is 276 g/mol. The van der Waals surface area contributed by atoms with Crippen molar-refractivity contribution >= 4 is 23.3 Å². The summed E-state index contributed by atoms with van der Waals surface area (Å²) >= 11 is 5.97. The molecule has 5 heteroatoms. The molecule has 19 heavy (non-hydrogen) atoms. The van der Waals surface area contributed by atoms with Crippen molar-refractivity contribution in [3.63, 3.8) is 0 Å². The molecule has 1 aromatic heterocycles. The molecule has 0 fully saturated rings. The van der Waals surface area contributed by atoms with E-state index in [-0.39, 0.29) is 12.1 Å². The number of halogens is 1. The van der Waals surface area contributed by atoms with Gasteiger partial charge in [0.05, 0.1) is 16.8 Å². The quantitative estimate of drug-likeness (QED) is 0.899. The number of pyridine rings is 1. The normalized spacial score (nSPS) is 11.7. The molecule has 0 aliphatic rings. The Balaban J connectivity index is 1.97. The molecule has 0 spiro atoms. The maximum atomic E-state index is 11.9. The van der Waals surface area contributed by atoms with Gasteiger partial charge in [-0.25, -0.2) is 4.79 Å². The standard InChI is InChI=1S/C14H14ClN3O/c1-10(11-6-8-16-9-7-11)17-14(19)18-13-5-3-2-4-12(13)15/h2-10H,1H3,(H2,17,18,19)/t10-/m1/s1. The van der Waals surface area contributed by atoms with Gasteiger partial charge < -0.3 is 10.6 Å². The van der Waals surface area contributed by atoms with Gasteiger partial charge in [0.25, 0.3) is 0 Å². The summed E-state index contributed by atoms with van der Waals surface area (Å²) in [6.45, 7) is 1.90. The SMILES string of the molecule is C[C@@H](NC(=O)Nc1ccccc1Cl)c1ccncc1. The third kappa shape index (κ3) is 3.69. The highest BCUT2D eigenvalue weighted by Crippen LogP contribution is 2.20. The molecule has 0 aliphatic carbocycles. The second-order valence-electron chi connectivity index (χ2n) is 4.08. The molecule has 2 aromatic rings. The van der Waals surface area contributed by atoms with E-state index in [0.29, 0.717) is 10.7 Å². The number of para-hydroxylation sites is 1. The zero-order chi connectivity index (χ0) is 13.7. The van der Waals surface area contributed by atoms with Gasteiger partial charge in [0, 0.05) is 12.4 Å². The van der Waals surface area contributed by atoms with Gasteiger partial charge in [-0.3, -0.25) is 4.98 Å². The molecule has 2 N–H and O–H groups in total. The van der Waals surface area contributed by atoms with Gasteiger partial charge in [-0.2, -0.15) is 0 Å². The second-order valence-corrected chi connectivity index (χ2v) is 4.49. The summed E-state index contributed by atoms with van der Waals surface area (Å²) in [6, 6.07) is 10.4. The van der Waals surface area contributed by atoms with Gasteiger partial charge in [0.15, 0.2) is 0 Å². The number of carbonyl (C=O) groups excluding carboxylic acids is 1. The molecular formula is C14H14ClN3O. The van der Waals surface area contributed by atoms with E-state index in [0.717, 1.165) is 5.56 Å². The Kier molecular flexibility index (Phi) is 4.36. The molecule has 2 rings (SSSR count). The average Bonchev–Trinajstić information content (AvgIpc) is 2.42. The maximum absolute atomic E-state index is 11.9. The van der Waals surface area contributed by atoms with Crippen LogP contribution in [0.4, 0.5) is 10.5 Å². The molecule has 0 bridgehead atoms. The molecular weight excluding hydrogens is 262 g/mol. The van der Waals surface area contributed by atoms with Gasteiger partial charge in [-0.15, -0.1) is 0 Å². The van der Waals surface area contributed by atoms with Crippen molar-refractivity contribution in [3.05, 3.63) is 59.4 Å². The zero-order valence-electron chi connectivity index (χ0n) is 10.4. The largest absolute Gasteiger partial charge is 0.331 e. The summed E-state index contributed by atoms with van der Waals surface area (Å²) in [7, 11) is 0. The van der Waals surface area contributed by atoms with Crippen LogP contribution < -0.4 is 10.6 Å². The van der Waals surface area contributed by atoms with Crippen LogP contribution in [0.3, 0.4) is 0 Å². The summed E-state index contributed by atoms with van der Waals surface area (Å²) in [6.07, 6.45) is 3.39. The van der Waals surface area contributed by atoms with Crippen molar-refractivity contribution in [1.29, 1.82) is 0 Å². The van der Waals surface area contributed by atoms with Gasteiger partial charge in [-0.05, 0) is 36.8 Å². The van der Waals surface area contributed by atoms with Crippen LogP contribution in [0, 0.1) is 0 Å². The lowest BCUT2D eigenvalue weighted by molar-refractivity contribution is 0.249. The Morgan fingerprint density at radius 1 is 1.21 bits per heavy atom. The maximum Gasteiger partial charge on any atom is 0.319 e. The van der Waals surface area contributed by atoms with Crippen molar-refractivity contribution in [2.24, 2.45) is 0 Å². The highest BCUT2D eigenvalue weighted by Gasteiger charge is 2.10. The van der Waals surface area contributed by atoms with Crippen LogP contribution in [0.15, 0.2) is 48.8 Å². The Morgan fingerprint density at radius 2 is 1.89 bits per heavy atom. The van der Waals surface area contributed by atoms with Gasteiger partial charge >= 0.3 is 6.03 Å². The lowest BCUT2D eigenvalue weighted by Crippen LogP contribution is -2.31. The van der Waals surface area contributed by atoms with E-state index >= 15 is 0 Å². The number of rotatable bonds is 3. The van der Waals surface area contributed by atoms with E-state index in [4.69, 9.17) is 11.6 Å². The number of hydrogen-bond acceptors (Lipinski definition) is 2. The summed E-state index contributed by atoms with van der Waals surface area (Å²) in [5, 5.41) is 6.06. The number of benzene rings is 1. The molecule has 0 saturated carbocycles. The van der Waals surface area contributed by atoms with E-state index in [1.807, 2.05) is 31.2 Å². The van der Waals surface area contributed by atoms with Crippen LogP contribution in [0.25, 0.3) is 0 Å². The Hall–Kier alpha value is -2.07. The minimum absolute atomic E-state index is 0.106. The van der Waals surface area contributed by atoms with Crippen LogP contribution in [0.2, 0.25) is 5.02 Å². The third-order valence-electron chi connectivity index (χ3n) is 2.68. The van der Waals surface area contributed by atoms with Gasteiger partial charge in [0.2, 0.25) is 0 Å². The molecule has 2 amide bonds. The fraction of sp³-hybridized carbons (Fsp3) is 0.143. The van der Waals surface area contributed by atoms with Gasteiger partial charge in [-0.1, -0.05) is 23.7 Å². The van der Waals surface area contributed by atoms with E-state index in [2.05, 4.69) is 15.6 Å².